The normalized spacial score (nSPS) is 11.7. The van der Waals surface area contributed by atoms with Crippen molar-refractivity contribution in [2.45, 2.75) is 24.8 Å². The van der Waals surface area contributed by atoms with Crippen LogP contribution in [0.3, 0.4) is 0 Å². The highest BCUT2D eigenvalue weighted by Gasteiger charge is 2.21. The molecule has 0 saturated carbocycles. The Morgan fingerprint density at radius 2 is 2.26 bits per heavy atom. The van der Waals surface area contributed by atoms with Crippen LogP contribution in [0.4, 0.5) is 5.69 Å². The summed E-state index contributed by atoms with van der Waals surface area (Å²) in [5, 5.41) is 5.93. The summed E-state index contributed by atoms with van der Waals surface area (Å²) in [6.07, 6.45) is 2.32. The second kappa shape index (κ2) is 5.32. The van der Waals surface area contributed by atoms with Gasteiger partial charge in [0, 0.05) is 24.7 Å². The first kappa shape index (κ1) is 14.0. The van der Waals surface area contributed by atoms with Gasteiger partial charge in [-0.05, 0) is 17.9 Å². The highest BCUT2D eigenvalue weighted by atomic mass is 32.2. The number of aromatic nitrogens is 2. The Labute approximate surface area is 116 Å². The third-order valence-corrected chi connectivity index (χ3v) is 5.19. The number of thiophene rings is 1. The second-order valence-corrected chi connectivity index (χ2v) is 6.69. The van der Waals surface area contributed by atoms with Crippen LogP contribution in [0.2, 0.25) is 0 Å². The molecule has 0 aliphatic rings. The molecule has 0 aliphatic heterocycles. The molecule has 0 amide bonds. The number of nitrogens with two attached hydrogens (primary N) is 1. The summed E-state index contributed by atoms with van der Waals surface area (Å²) in [7, 11) is -1.85. The zero-order valence-corrected chi connectivity index (χ0v) is 12.4. The fraction of sp³-hybridized carbons (Fsp3) is 0.364. The number of hydrogen-bond acceptors (Lipinski definition) is 5. The van der Waals surface area contributed by atoms with Crippen LogP contribution in [0.25, 0.3) is 0 Å². The summed E-state index contributed by atoms with van der Waals surface area (Å²) in [5.41, 5.74) is 6.78. The monoisotopic (exact) mass is 300 g/mol. The van der Waals surface area contributed by atoms with Crippen molar-refractivity contribution in [3.05, 3.63) is 28.2 Å². The van der Waals surface area contributed by atoms with Gasteiger partial charge < -0.3 is 5.73 Å². The first-order valence-corrected chi connectivity index (χ1v) is 8.16. The molecule has 2 aromatic rings. The quantitative estimate of drug-likeness (QED) is 0.871. The molecular weight excluding hydrogens is 284 g/mol. The molecule has 19 heavy (non-hydrogen) atoms. The van der Waals surface area contributed by atoms with E-state index in [1.807, 2.05) is 6.92 Å². The van der Waals surface area contributed by atoms with E-state index in [4.69, 9.17) is 5.73 Å². The Morgan fingerprint density at radius 3 is 2.89 bits per heavy atom. The highest BCUT2D eigenvalue weighted by Crippen LogP contribution is 2.25. The molecule has 2 rings (SSSR count). The predicted octanol–water partition coefficient (Wildman–Crippen LogP) is 1.30. The molecule has 104 valence electrons. The van der Waals surface area contributed by atoms with E-state index in [-0.39, 0.29) is 11.4 Å². The van der Waals surface area contributed by atoms with E-state index < -0.39 is 10.0 Å². The maximum absolute atomic E-state index is 12.3. The van der Waals surface area contributed by atoms with Gasteiger partial charge in [-0.3, -0.25) is 9.40 Å². The van der Waals surface area contributed by atoms with Crippen LogP contribution >= 0.6 is 11.3 Å². The first-order valence-electron chi connectivity index (χ1n) is 5.79. The first-order chi connectivity index (χ1) is 8.97. The lowest BCUT2D eigenvalue weighted by Crippen LogP contribution is -2.15. The third kappa shape index (κ3) is 2.80. The van der Waals surface area contributed by atoms with Gasteiger partial charge in [-0.1, -0.05) is 6.92 Å². The summed E-state index contributed by atoms with van der Waals surface area (Å²) in [4.78, 5) is 0.889. The molecule has 0 aliphatic carbocycles. The third-order valence-electron chi connectivity index (χ3n) is 2.66. The smallest absolute Gasteiger partial charge is 0.263 e. The topological polar surface area (TPSA) is 90.0 Å². The van der Waals surface area contributed by atoms with Gasteiger partial charge in [0.05, 0.1) is 11.4 Å². The number of aryl methyl sites for hydroxylation is 2. The van der Waals surface area contributed by atoms with Gasteiger partial charge in [-0.25, -0.2) is 8.42 Å². The molecule has 2 heterocycles. The number of nitrogens with zero attached hydrogens (tertiary/aromatic N) is 2. The summed E-state index contributed by atoms with van der Waals surface area (Å²) >= 11 is 1.34. The van der Waals surface area contributed by atoms with Crippen molar-refractivity contribution in [1.29, 1.82) is 0 Å². The van der Waals surface area contributed by atoms with E-state index in [1.165, 1.54) is 11.3 Å². The molecule has 0 saturated heterocycles. The standard InChI is InChI=1S/C11H16N4O2S2/c1-3-8-9(7-15(2)13-8)14-19(16,17)11-4-5-18-10(11)6-12/h4-5,7,14H,3,6,12H2,1-2H3. The van der Waals surface area contributed by atoms with Gasteiger partial charge in [0.2, 0.25) is 0 Å². The molecule has 8 heteroatoms. The van der Waals surface area contributed by atoms with E-state index >= 15 is 0 Å². The minimum absolute atomic E-state index is 0.210. The van der Waals surface area contributed by atoms with Crippen LogP contribution in [0.5, 0.6) is 0 Å². The summed E-state index contributed by atoms with van der Waals surface area (Å²) in [5.74, 6) is 0. The largest absolute Gasteiger partial charge is 0.326 e. The van der Waals surface area contributed by atoms with Crippen molar-refractivity contribution < 1.29 is 8.42 Å². The highest BCUT2D eigenvalue weighted by molar-refractivity contribution is 7.93. The van der Waals surface area contributed by atoms with Gasteiger partial charge >= 0.3 is 0 Å². The van der Waals surface area contributed by atoms with Crippen LogP contribution in [-0.2, 0) is 30.0 Å². The maximum atomic E-state index is 12.3. The van der Waals surface area contributed by atoms with Crippen LogP contribution in [0, 0.1) is 0 Å². The van der Waals surface area contributed by atoms with E-state index in [0.717, 1.165) is 5.69 Å². The molecular formula is C11H16N4O2S2. The van der Waals surface area contributed by atoms with Crippen LogP contribution in [-0.4, -0.2) is 18.2 Å². The SMILES string of the molecule is CCc1nn(C)cc1NS(=O)(=O)c1ccsc1CN. The average molecular weight is 300 g/mol. The van der Waals surface area contributed by atoms with Gasteiger partial charge in [-0.15, -0.1) is 11.3 Å². The zero-order valence-electron chi connectivity index (χ0n) is 10.8. The lowest BCUT2D eigenvalue weighted by Gasteiger charge is -2.07. The molecule has 0 bridgehead atoms. The summed E-state index contributed by atoms with van der Waals surface area (Å²) < 4.78 is 28.8. The number of sulfonamides is 1. The lowest BCUT2D eigenvalue weighted by molar-refractivity contribution is 0.600. The van der Waals surface area contributed by atoms with Gasteiger partial charge in [0.25, 0.3) is 10.0 Å². The molecule has 2 aromatic heterocycles. The Hall–Kier alpha value is -1.38. The summed E-state index contributed by atoms with van der Waals surface area (Å²) in [6, 6.07) is 1.57. The maximum Gasteiger partial charge on any atom is 0.263 e. The Bertz CT molecular complexity index is 673. The Balaban J connectivity index is 2.36. The van der Waals surface area contributed by atoms with Crippen molar-refractivity contribution >= 4 is 27.0 Å². The Kier molecular flexibility index (Phi) is 3.93. The van der Waals surface area contributed by atoms with E-state index in [2.05, 4.69) is 9.82 Å². The van der Waals surface area contributed by atoms with Crippen molar-refractivity contribution in [1.82, 2.24) is 9.78 Å². The van der Waals surface area contributed by atoms with E-state index in [0.29, 0.717) is 17.0 Å². The molecule has 3 N–H and O–H groups in total. The average Bonchev–Trinajstić information content (AvgIpc) is 2.95. The van der Waals surface area contributed by atoms with Gasteiger partial charge in [-0.2, -0.15) is 5.10 Å². The molecule has 0 spiro atoms. The summed E-state index contributed by atoms with van der Waals surface area (Å²) in [6.45, 7) is 2.14. The minimum Gasteiger partial charge on any atom is -0.326 e. The van der Waals surface area contributed by atoms with Crippen molar-refractivity contribution in [2.75, 3.05) is 4.72 Å². The van der Waals surface area contributed by atoms with E-state index in [9.17, 15) is 8.42 Å². The second-order valence-electron chi connectivity index (χ2n) is 4.03. The van der Waals surface area contributed by atoms with Crippen LogP contribution in [0.1, 0.15) is 17.5 Å². The van der Waals surface area contributed by atoms with Crippen molar-refractivity contribution in [3.63, 3.8) is 0 Å². The molecule has 0 fully saturated rings. The Morgan fingerprint density at radius 1 is 1.53 bits per heavy atom. The molecule has 0 unspecified atom stereocenters. The molecule has 6 nitrogen and oxygen atoms in total. The minimum atomic E-state index is -3.60. The van der Waals surface area contributed by atoms with Gasteiger partial charge in [0.15, 0.2) is 0 Å². The number of nitrogens with one attached hydrogen (secondary N) is 1. The number of rotatable bonds is 5. The van der Waals surface area contributed by atoms with Crippen LogP contribution in [0.15, 0.2) is 22.5 Å². The molecule has 0 aromatic carbocycles. The fourth-order valence-electron chi connectivity index (χ4n) is 1.80. The van der Waals surface area contributed by atoms with Crippen LogP contribution < -0.4 is 10.5 Å². The van der Waals surface area contributed by atoms with Gasteiger partial charge in [0.1, 0.15) is 4.90 Å². The lowest BCUT2D eigenvalue weighted by atomic mass is 10.3. The van der Waals surface area contributed by atoms with Crippen molar-refractivity contribution in [3.8, 4) is 0 Å². The zero-order chi connectivity index (χ0) is 14.0. The molecule has 0 radical (unpaired) electrons. The fourth-order valence-corrected chi connectivity index (χ4v) is 4.21. The predicted molar refractivity (Wildman–Crippen MR) is 75.6 cm³/mol. The number of hydrogen-bond donors (Lipinski definition) is 2. The number of anilines is 1. The van der Waals surface area contributed by atoms with Crippen molar-refractivity contribution in [2.24, 2.45) is 12.8 Å². The van der Waals surface area contributed by atoms with E-state index in [1.54, 1.807) is 29.4 Å². The molecule has 0 atom stereocenters.